The van der Waals surface area contributed by atoms with Gasteiger partial charge in [-0.1, -0.05) is 45.0 Å². The van der Waals surface area contributed by atoms with Crippen LogP contribution in [0.5, 0.6) is 0 Å². The maximum atomic E-state index is 13.1. The predicted molar refractivity (Wildman–Crippen MR) is 133 cm³/mol. The van der Waals surface area contributed by atoms with Crippen molar-refractivity contribution in [3.63, 3.8) is 0 Å². The molecule has 1 aliphatic rings. The van der Waals surface area contributed by atoms with E-state index in [0.29, 0.717) is 10.6 Å². The number of fused-ring (bicyclic) bond motifs is 1. The minimum atomic E-state index is -0.411. The van der Waals surface area contributed by atoms with E-state index in [1.165, 1.54) is 33.8 Å². The summed E-state index contributed by atoms with van der Waals surface area (Å²) in [6.07, 6.45) is 4.30. The SMILES string of the molecule is CCOC(=O)c1c(-c2ccc(C(C)(C)C)cc2)csc1NC(=O)c1csc2c1CCCC2. The number of amides is 1. The van der Waals surface area contributed by atoms with Crippen LogP contribution in [0.4, 0.5) is 5.00 Å². The average molecular weight is 468 g/mol. The lowest BCUT2D eigenvalue weighted by atomic mass is 9.86. The molecule has 32 heavy (non-hydrogen) atoms. The highest BCUT2D eigenvalue weighted by molar-refractivity contribution is 7.15. The zero-order chi connectivity index (χ0) is 22.9. The number of carbonyl (C=O) groups is 2. The third-order valence-electron chi connectivity index (χ3n) is 5.87. The monoisotopic (exact) mass is 467 g/mol. The van der Waals surface area contributed by atoms with Crippen LogP contribution in [0, 0.1) is 0 Å². The number of aryl methyl sites for hydroxylation is 1. The summed E-state index contributed by atoms with van der Waals surface area (Å²) < 4.78 is 5.35. The van der Waals surface area contributed by atoms with E-state index < -0.39 is 5.97 Å². The largest absolute Gasteiger partial charge is 0.462 e. The van der Waals surface area contributed by atoms with Gasteiger partial charge in [-0.2, -0.15) is 0 Å². The first-order valence-electron chi connectivity index (χ1n) is 11.1. The van der Waals surface area contributed by atoms with Gasteiger partial charge in [-0.3, -0.25) is 4.79 Å². The molecule has 0 saturated carbocycles. The van der Waals surface area contributed by atoms with E-state index in [4.69, 9.17) is 4.74 Å². The number of benzene rings is 1. The van der Waals surface area contributed by atoms with Crippen LogP contribution in [-0.4, -0.2) is 18.5 Å². The van der Waals surface area contributed by atoms with Crippen molar-refractivity contribution in [3.8, 4) is 11.1 Å². The Labute approximate surface area is 197 Å². The fourth-order valence-electron chi connectivity index (χ4n) is 4.07. The van der Waals surface area contributed by atoms with E-state index >= 15 is 0 Å². The Morgan fingerprint density at radius 1 is 1.03 bits per heavy atom. The molecule has 0 atom stereocenters. The Morgan fingerprint density at radius 2 is 1.75 bits per heavy atom. The zero-order valence-electron chi connectivity index (χ0n) is 19.0. The maximum Gasteiger partial charge on any atom is 0.341 e. The Balaban J connectivity index is 1.67. The van der Waals surface area contributed by atoms with Crippen molar-refractivity contribution < 1.29 is 14.3 Å². The van der Waals surface area contributed by atoms with Crippen molar-refractivity contribution in [3.05, 3.63) is 62.2 Å². The topological polar surface area (TPSA) is 55.4 Å². The second-order valence-corrected chi connectivity index (χ2v) is 11.0. The van der Waals surface area contributed by atoms with Crippen LogP contribution in [0.25, 0.3) is 11.1 Å². The standard InChI is InChI=1S/C26H29NO3S2/c1-5-30-25(29)22-19(16-10-12-17(13-11-16)26(2,3)4)14-32-24(22)27-23(28)20-15-31-21-9-7-6-8-18(20)21/h10-15H,5-9H2,1-4H3,(H,27,28). The molecule has 1 aromatic carbocycles. The van der Waals surface area contributed by atoms with Gasteiger partial charge in [0.25, 0.3) is 5.91 Å². The van der Waals surface area contributed by atoms with Crippen molar-refractivity contribution in [1.82, 2.24) is 0 Å². The van der Waals surface area contributed by atoms with Crippen molar-refractivity contribution in [2.45, 2.75) is 58.8 Å². The van der Waals surface area contributed by atoms with Crippen molar-refractivity contribution in [2.75, 3.05) is 11.9 Å². The lowest BCUT2D eigenvalue weighted by molar-refractivity contribution is 0.0529. The summed E-state index contributed by atoms with van der Waals surface area (Å²) in [5, 5.41) is 7.44. The summed E-state index contributed by atoms with van der Waals surface area (Å²) in [6, 6.07) is 8.26. The Kier molecular flexibility index (Phi) is 6.54. The minimum absolute atomic E-state index is 0.0515. The van der Waals surface area contributed by atoms with Gasteiger partial charge in [0.2, 0.25) is 0 Å². The normalized spacial score (nSPS) is 13.5. The van der Waals surface area contributed by atoms with Crippen molar-refractivity contribution >= 4 is 39.6 Å². The molecule has 4 nitrogen and oxygen atoms in total. The maximum absolute atomic E-state index is 13.1. The number of hydrogen-bond donors (Lipinski definition) is 1. The molecule has 0 bridgehead atoms. The van der Waals surface area contributed by atoms with Crippen LogP contribution < -0.4 is 5.32 Å². The second kappa shape index (κ2) is 9.20. The second-order valence-electron chi connectivity index (χ2n) is 9.11. The number of anilines is 1. The van der Waals surface area contributed by atoms with Gasteiger partial charge in [0.05, 0.1) is 12.2 Å². The van der Waals surface area contributed by atoms with Crippen LogP contribution in [0.2, 0.25) is 0 Å². The number of ether oxygens (including phenoxy) is 1. The number of thiophene rings is 2. The molecule has 0 aliphatic heterocycles. The first kappa shape index (κ1) is 22.7. The molecule has 0 radical (unpaired) electrons. The first-order valence-corrected chi connectivity index (χ1v) is 12.9. The summed E-state index contributed by atoms with van der Waals surface area (Å²) in [4.78, 5) is 27.3. The molecule has 2 aromatic heterocycles. The Bertz CT molecular complexity index is 1130. The van der Waals surface area contributed by atoms with Crippen molar-refractivity contribution in [1.29, 1.82) is 0 Å². The molecule has 0 spiro atoms. The molecule has 168 valence electrons. The smallest absolute Gasteiger partial charge is 0.341 e. The Morgan fingerprint density at radius 3 is 2.44 bits per heavy atom. The highest BCUT2D eigenvalue weighted by Crippen LogP contribution is 2.38. The molecular weight excluding hydrogens is 438 g/mol. The van der Waals surface area contributed by atoms with Gasteiger partial charge in [0.1, 0.15) is 10.6 Å². The van der Waals surface area contributed by atoms with Gasteiger partial charge < -0.3 is 10.1 Å². The third kappa shape index (κ3) is 4.52. The predicted octanol–water partition coefficient (Wildman–Crippen LogP) is 7.08. The summed E-state index contributed by atoms with van der Waals surface area (Å²) in [7, 11) is 0. The van der Waals surface area contributed by atoms with Gasteiger partial charge in [0, 0.05) is 21.2 Å². The average Bonchev–Trinajstić information content (AvgIpc) is 3.38. The Hall–Kier alpha value is -2.44. The van der Waals surface area contributed by atoms with E-state index in [9.17, 15) is 9.59 Å². The highest BCUT2D eigenvalue weighted by atomic mass is 32.1. The van der Waals surface area contributed by atoms with E-state index in [2.05, 4.69) is 38.2 Å². The molecule has 4 rings (SSSR count). The fraction of sp³-hybridized carbons (Fsp3) is 0.385. The van der Waals surface area contributed by atoms with E-state index in [-0.39, 0.29) is 17.9 Å². The van der Waals surface area contributed by atoms with Crippen LogP contribution >= 0.6 is 22.7 Å². The number of nitrogens with one attached hydrogen (secondary N) is 1. The van der Waals surface area contributed by atoms with Crippen LogP contribution in [0.15, 0.2) is 35.0 Å². The quantitative estimate of drug-likeness (QED) is 0.408. The van der Waals surface area contributed by atoms with E-state index in [0.717, 1.165) is 36.0 Å². The molecule has 0 saturated heterocycles. The molecular formula is C26H29NO3S2. The zero-order valence-corrected chi connectivity index (χ0v) is 20.7. The number of hydrogen-bond acceptors (Lipinski definition) is 5. The van der Waals surface area contributed by atoms with Gasteiger partial charge in [0.15, 0.2) is 0 Å². The lowest BCUT2D eigenvalue weighted by Gasteiger charge is -2.19. The summed E-state index contributed by atoms with van der Waals surface area (Å²) >= 11 is 3.03. The summed E-state index contributed by atoms with van der Waals surface area (Å²) in [5.74, 6) is -0.558. The van der Waals surface area contributed by atoms with E-state index in [1.807, 2.05) is 22.9 Å². The number of esters is 1. The summed E-state index contributed by atoms with van der Waals surface area (Å²) in [5.41, 5.74) is 5.34. The lowest BCUT2D eigenvalue weighted by Crippen LogP contribution is -2.16. The van der Waals surface area contributed by atoms with Gasteiger partial charge in [-0.05, 0) is 54.7 Å². The number of rotatable bonds is 5. The van der Waals surface area contributed by atoms with Crippen LogP contribution in [-0.2, 0) is 23.0 Å². The van der Waals surface area contributed by atoms with E-state index in [1.54, 1.807) is 18.3 Å². The fourth-order valence-corrected chi connectivity index (χ4v) is 6.15. The van der Waals surface area contributed by atoms with Crippen molar-refractivity contribution in [2.24, 2.45) is 0 Å². The molecule has 1 amide bonds. The molecule has 6 heteroatoms. The van der Waals surface area contributed by atoms with Gasteiger partial charge >= 0.3 is 5.97 Å². The van der Waals surface area contributed by atoms with Gasteiger partial charge in [-0.15, -0.1) is 22.7 Å². The van der Waals surface area contributed by atoms with Crippen LogP contribution in [0.3, 0.4) is 0 Å². The molecule has 1 N–H and O–H groups in total. The summed E-state index contributed by atoms with van der Waals surface area (Å²) in [6.45, 7) is 8.59. The van der Waals surface area contributed by atoms with Gasteiger partial charge in [-0.25, -0.2) is 4.79 Å². The molecule has 3 aromatic rings. The first-order chi connectivity index (χ1) is 15.3. The highest BCUT2D eigenvalue weighted by Gasteiger charge is 2.26. The molecule has 1 aliphatic carbocycles. The van der Waals surface area contributed by atoms with Crippen LogP contribution in [0.1, 0.15) is 77.3 Å². The number of carbonyl (C=O) groups excluding carboxylic acids is 2. The molecule has 2 heterocycles. The third-order valence-corrected chi connectivity index (χ3v) is 7.85. The molecule has 0 fully saturated rings. The molecule has 0 unspecified atom stereocenters. The minimum Gasteiger partial charge on any atom is -0.462 e.